The van der Waals surface area contributed by atoms with Crippen molar-refractivity contribution >= 4 is 22.9 Å². The van der Waals surface area contributed by atoms with Crippen LogP contribution in [-0.4, -0.2) is 25.4 Å². The van der Waals surface area contributed by atoms with Crippen LogP contribution in [0.5, 0.6) is 0 Å². The first-order chi connectivity index (χ1) is 12.7. The SMILES string of the molecule is Cc1ccc(-c2nc3nc4c(cn3n2)C(=O)CC(c2cccs2)C4)cc1. The van der Waals surface area contributed by atoms with Crippen molar-refractivity contribution < 1.29 is 4.79 Å². The summed E-state index contributed by atoms with van der Waals surface area (Å²) >= 11 is 1.70. The summed E-state index contributed by atoms with van der Waals surface area (Å²) in [6.45, 7) is 2.05. The molecule has 1 aliphatic rings. The van der Waals surface area contributed by atoms with Gasteiger partial charge in [-0.3, -0.25) is 4.79 Å². The number of fused-ring (bicyclic) bond motifs is 2. The Morgan fingerprint density at radius 2 is 1.96 bits per heavy atom. The monoisotopic (exact) mass is 360 g/mol. The number of carbonyl (C=O) groups is 1. The van der Waals surface area contributed by atoms with Crippen LogP contribution < -0.4 is 0 Å². The average molecular weight is 360 g/mol. The summed E-state index contributed by atoms with van der Waals surface area (Å²) in [5, 5.41) is 6.57. The summed E-state index contributed by atoms with van der Waals surface area (Å²) in [6, 6.07) is 12.2. The van der Waals surface area contributed by atoms with Crippen molar-refractivity contribution in [3.8, 4) is 11.4 Å². The molecule has 0 amide bonds. The van der Waals surface area contributed by atoms with Crippen LogP contribution in [0.4, 0.5) is 0 Å². The number of aryl methyl sites for hydroxylation is 1. The van der Waals surface area contributed by atoms with Gasteiger partial charge in [0.05, 0.1) is 11.3 Å². The van der Waals surface area contributed by atoms with Gasteiger partial charge in [-0.15, -0.1) is 16.4 Å². The number of nitrogens with zero attached hydrogens (tertiary/aromatic N) is 4. The Hall–Kier alpha value is -2.86. The molecule has 0 saturated heterocycles. The third kappa shape index (κ3) is 2.54. The largest absolute Gasteiger partial charge is 0.294 e. The summed E-state index contributed by atoms with van der Waals surface area (Å²) in [5.41, 5.74) is 3.64. The zero-order valence-electron chi connectivity index (χ0n) is 14.2. The van der Waals surface area contributed by atoms with Gasteiger partial charge in [0, 0.05) is 29.0 Å². The third-order valence-electron chi connectivity index (χ3n) is 4.84. The van der Waals surface area contributed by atoms with Gasteiger partial charge in [0.15, 0.2) is 11.6 Å². The van der Waals surface area contributed by atoms with E-state index in [1.807, 2.05) is 37.3 Å². The molecule has 128 valence electrons. The molecular weight excluding hydrogens is 344 g/mol. The van der Waals surface area contributed by atoms with Gasteiger partial charge in [0.1, 0.15) is 0 Å². The second-order valence-electron chi connectivity index (χ2n) is 6.69. The lowest BCUT2D eigenvalue weighted by Crippen LogP contribution is -2.20. The standard InChI is InChI=1S/C20H16N4OS/c1-12-4-6-13(7-5-12)19-22-20-21-16-9-14(18-3-2-8-26-18)10-17(25)15(16)11-24(20)23-19/h2-8,11,14H,9-10H2,1H3. The zero-order valence-corrected chi connectivity index (χ0v) is 15.0. The molecule has 1 unspecified atom stereocenters. The summed E-state index contributed by atoms with van der Waals surface area (Å²) in [5.74, 6) is 1.51. The van der Waals surface area contributed by atoms with E-state index in [9.17, 15) is 4.79 Å². The lowest BCUT2D eigenvalue weighted by Gasteiger charge is -2.21. The molecule has 0 radical (unpaired) electrons. The number of thiophene rings is 1. The summed E-state index contributed by atoms with van der Waals surface area (Å²) < 4.78 is 1.62. The van der Waals surface area contributed by atoms with Gasteiger partial charge in [-0.05, 0) is 24.8 Å². The smallest absolute Gasteiger partial charge is 0.252 e. The summed E-state index contributed by atoms with van der Waals surface area (Å²) in [6.07, 6.45) is 3.08. The van der Waals surface area contributed by atoms with Gasteiger partial charge >= 0.3 is 0 Å². The van der Waals surface area contributed by atoms with Gasteiger partial charge in [-0.1, -0.05) is 35.9 Å². The lowest BCUT2D eigenvalue weighted by molar-refractivity contribution is 0.0963. The van der Waals surface area contributed by atoms with E-state index < -0.39 is 0 Å². The van der Waals surface area contributed by atoms with Crippen molar-refractivity contribution in [3.05, 3.63) is 69.7 Å². The van der Waals surface area contributed by atoms with Crippen molar-refractivity contribution in [3.63, 3.8) is 0 Å². The van der Waals surface area contributed by atoms with Gasteiger partial charge in [0.2, 0.25) is 0 Å². The van der Waals surface area contributed by atoms with E-state index >= 15 is 0 Å². The van der Waals surface area contributed by atoms with Crippen molar-refractivity contribution in [1.29, 1.82) is 0 Å². The minimum absolute atomic E-state index is 0.131. The van der Waals surface area contributed by atoms with E-state index in [1.54, 1.807) is 22.0 Å². The van der Waals surface area contributed by atoms with Crippen LogP contribution in [0.2, 0.25) is 0 Å². The average Bonchev–Trinajstić information content (AvgIpc) is 3.30. The molecule has 4 aromatic rings. The Bertz CT molecular complexity index is 1110. The van der Waals surface area contributed by atoms with Crippen molar-refractivity contribution in [2.24, 2.45) is 0 Å². The number of ketones is 1. The molecule has 1 aromatic carbocycles. The second-order valence-corrected chi connectivity index (χ2v) is 7.67. The number of hydrogen-bond donors (Lipinski definition) is 0. The Morgan fingerprint density at radius 1 is 1.12 bits per heavy atom. The van der Waals surface area contributed by atoms with Gasteiger partial charge < -0.3 is 0 Å². The first-order valence-corrected chi connectivity index (χ1v) is 9.45. The van der Waals surface area contributed by atoms with Gasteiger partial charge in [0.25, 0.3) is 5.78 Å². The maximum absolute atomic E-state index is 12.7. The van der Waals surface area contributed by atoms with E-state index in [4.69, 9.17) is 0 Å². The Kier molecular flexibility index (Phi) is 3.46. The van der Waals surface area contributed by atoms with Crippen LogP contribution in [-0.2, 0) is 6.42 Å². The minimum Gasteiger partial charge on any atom is -0.294 e. The number of aromatic nitrogens is 4. The lowest BCUT2D eigenvalue weighted by atomic mass is 9.86. The van der Waals surface area contributed by atoms with Crippen molar-refractivity contribution in [2.75, 3.05) is 0 Å². The molecule has 5 rings (SSSR count). The molecule has 1 atom stereocenters. The molecule has 26 heavy (non-hydrogen) atoms. The van der Waals surface area contributed by atoms with E-state index in [2.05, 4.69) is 26.5 Å². The van der Waals surface area contributed by atoms with Crippen LogP contribution in [0.1, 0.15) is 38.8 Å². The Morgan fingerprint density at radius 3 is 2.73 bits per heavy atom. The number of hydrogen-bond acceptors (Lipinski definition) is 5. The zero-order chi connectivity index (χ0) is 17.7. The molecule has 0 fully saturated rings. The van der Waals surface area contributed by atoms with Crippen LogP contribution in [0, 0.1) is 6.92 Å². The first-order valence-electron chi connectivity index (χ1n) is 8.57. The maximum atomic E-state index is 12.7. The highest BCUT2D eigenvalue weighted by atomic mass is 32.1. The molecule has 0 saturated carbocycles. The highest BCUT2D eigenvalue weighted by Gasteiger charge is 2.29. The fourth-order valence-corrected chi connectivity index (χ4v) is 4.26. The molecule has 0 aliphatic heterocycles. The van der Waals surface area contributed by atoms with E-state index in [0.29, 0.717) is 23.6 Å². The molecular formula is C20H16N4OS. The van der Waals surface area contributed by atoms with Gasteiger partial charge in [-0.2, -0.15) is 4.98 Å². The Balaban J connectivity index is 1.57. The highest BCUT2D eigenvalue weighted by molar-refractivity contribution is 7.10. The predicted octanol–water partition coefficient (Wildman–Crippen LogP) is 4.07. The molecule has 5 nitrogen and oxygen atoms in total. The number of Topliss-reactive ketones (excluding diaryl/α,β-unsaturated/α-hetero) is 1. The predicted molar refractivity (Wildman–Crippen MR) is 101 cm³/mol. The minimum atomic E-state index is 0.131. The second kappa shape index (κ2) is 5.85. The van der Waals surface area contributed by atoms with E-state index in [1.165, 1.54) is 10.4 Å². The number of rotatable bonds is 2. The third-order valence-corrected chi connectivity index (χ3v) is 5.87. The van der Waals surface area contributed by atoms with Gasteiger partial charge in [-0.25, -0.2) is 9.50 Å². The topological polar surface area (TPSA) is 60.1 Å². The Labute approximate surface area is 154 Å². The summed E-state index contributed by atoms with van der Waals surface area (Å²) in [7, 11) is 0. The van der Waals surface area contributed by atoms with Crippen LogP contribution in [0.15, 0.2) is 48.0 Å². The fraction of sp³-hybridized carbons (Fsp3) is 0.200. The molecule has 0 bridgehead atoms. The summed E-state index contributed by atoms with van der Waals surface area (Å²) in [4.78, 5) is 23.1. The molecule has 0 spiro atoms. The van der Waals surface area contributed by atoms with Crippen molar-refractivity contribution in [2.45, 2.75) is 25.7 Å². The molecule has 1 aliphatic carbocycles. The maximum Gasteiger partial charge on any atom is 0.252 e. The quantitative estimate of drug-likeness (QED) is 0.540. The van der Waals surface area contributed by atoms with E-state index in [-0.39, 0.29) is 11.7 Å². The molecule has 3 heterocycles. The van der Waals surface area contributed by atoms with Crippen LogP contribution >= 0.6 is 11.3 Å². The molecule has 3 aromatic heterocycles. The number of carbonyl (C=O) groups excluding carboxylic acids is 1. The highest BCUT2D eigenvalue weighted by Crippen LogP contribution is 2.34. The molecule has 6 heteroatoms. The van der Waals surface area contributed by atoms with Crippen molar-refractivity contribution in [1.82, 2.24) is 19.6 Å². The normalized spacial score (nSPS) is 16.8. The van der Waals surface area contributed by atoms with Crippen LogP contribution in [0.3, 0.4) is 0 Å². The number of benzene rings is 1. The molecule has 0 N–H and O–H groups in total. The van der Waals surface area contributed by atoms with E-state index in [0.717, 1.165) is 17.7 Å². The van der Waals surface area contributed by atoms with Crippen LogP contribution in [0.25, 0.3) is 17.2 Å². The first kappa shape index (κ1) is 15.4. The fourth-order valence-electron chi connectivity index (χ4n) is 3.43.